The van der Waals surface area contributed by atoms with Crippen molar-refractivity contribution >= 4 is 0 Å². The Morgan fingerprint density at radius 1 is 1.43 bits per heavy atom. The lowest BCUT2D eigenvalue weighted by atomic mass is 10.2. The predicted octanol–water partition coefficient (Wildman–Crippen LogP) is 2.87. The number of halogens is 1. The quantitative estimate of drug-likeness (QED) is 0.852. The number of rotatable bonds is 7. The number of hydrogen-bond acceptors (Lipinski definition) is 3. The lowest BCUT2D eigenvalue weighted by molar-refractivity contribution is 0.285. The fourth-order valence-electron chi connectivity index (χ4n) is 2.28. The number of hydrogen-bond donors (Lipinski definition) is 1. The normalized spacial score (nSPS) is 14.4. The van der Waals surface area contributed by atoms with E-state index in [0.717, 1.165) is 23.7 Å². The minimum Gasteiger partial charge on any atom is -0.485 e. The number of aromatic nitrogens is 2. The first-order valence-corrected chi connectivity index (χ1v) is 7.41. The summed E-state index contributed by atoms with van der Waals surface area (Å²) in [6.45, 7) is 3.95. The van der Waals surface area contributed by atoms with E-state index in [1.807, 2.05) is 10.8 Å². The first-order chi connectivity index (χ1) is 10.3. The summed E-state index contributed by atoms with van der Waals surface area (Å²) in [5.74, 6) is 1.36. The summed E-state index contributed by atoms with van der Waals surface area (Å²) >= 11 is 0. The SMILES string of the molecule is CCn1ccnc1COc1ccc(F)cc1CNC1CC1. The van der Waals surface area contributed by atoms with Crippen LogP contribution < -0.4 is 10.1 Å². The number of imidazole rings is 1. The van der Waals surface area contributed by atoms with Crippen molar-refractivity contribution in [2.45, 2.75) is 45.5 Å². The second-order valence-corrected chi connectivity index (χ2v) is 5.33. The van der Waals surface area contributed by atoms with E-state index in [1.54, 1.807) is 12.3 Å². The van der Waals surface area contributed by atoms with Gasteiger partial charge in [-0.3, -0.25) is 0 Å². The van der Waals surface area contributed by atoms with E-state index in [-0.39, 0.29) is 5.82 Å². The van der Waals surface area contributed by atoms with E-state index < -0.39 is 0 Å². The average Bonchev–Trinajstić information content (AvgIpc) is 3.21. The van der Waals surface area contributed by atoms with Gasteiger partial charge in [0.2, 0.25) is 0 Å². The molecular weight excluding hydrogens is 269 g/mol. The maximum atomic E-state index is 13.4. The Morgan fingerprint density at radius 3 is 3.05 bits per heavy atom. The maximum absolute atomic E-state index is 13.4. The molecule has 0 bridgehead atoms. The van der Waals surface area contributed by atoms with Crippen LogP contribution in [0.1, 0.15) is 31.2 Å². The predicted molar refractivity (Wildman–Crippen MR) is 78.5 cm³/mol. The van der Waals surface area contributed by atoms with Gasteiger partial charge in [-0.2, -0.15) is 0 Å². The van der Waals surface area contributed by atoms with Gasteiger partial charge in [-0.25, -0.2) is 9.37 Å². The summed E-state index contributed by atoms with van der Waals surface area (Å²) in [7, 11) is 0. The minimum absolute atomic E-state index is 0.231. The topological polar surface area (TPSA) is 39.1 Å². The number of ether oxygens (including phenoxy) is 1. The zero-order valence-corrected chi connectivity index (χ0v) is 12.2. The van der Waals surface area contributed by atoms with Gasteiger partial charge in [0.05, 0.1) is 0 Å². The van der Waals surface area contributed by atoms with Gasteiger partial charge in [0, 0.05) is 37.1 Å². The molecule has 2 aromatic rings. The summed E-state index contributed by atoms with van der Waals surface area (Å²) in [4.78, 5) is 4.28. The molecule has 1 aromatic carbocycles. The van der Waals surface area contributed by atoms with Crippen molar-refractivity contribution in [3.8, 4) is 5.75 Å². The Balaban J connectivity index is 1.68. The van der Waals surface area contributed by atoms with Crippen LogP contribution in [-0.4, -0.2) is 15.6 Å². The minimum atomic E-state index is -0.231. The third-order valence-corrected chi connectivity index (χ3v) is 3.68. The van der Waals surface area contributed by atoms with Crippen LogP contribution in [0.25, 0.3) is 0 Å². The van der Waals surface area contributed by atoms with E-state index in [9.17, 15) is 4.39 Å². The molecule has 0 unspecified atom stereocenters. The smallest absolute Gasteiger partial charge is 0.146 e. The fraction of sp³-hybridized carbons (Fsp3) is 0.438. The van der Waals surface area contributed by atoms with Crippen LogP contribution in [0.3, 0.4) is 0 Å². The van der Waals surface area contributed by atoms with E-state index in [0.29, 0.717) is 19.2 Å². The average molecular weight is 289 g/mol. The molecule has 1 aromatic heterocycles. The molecule has 1 fully saturated rings. The zero-order valence-electron chi connectivity index (χ0n) is 12.2. The Hall–Kier alpha value is -1.88. The summed E-state index contributed by atoms with van der Waals surface area (Å²) in [6.07, 6.45) is 6.11. The molecule has 1 saturated carbocycles. The molecule has 0 saturated heterocycles. The van der Waals surface area contributed by atoms with E-state index in [1.165, 1.54) is 25.0 Å². The molecule has 21 heavy (non-hydrogen) atoms. The van der Waals surface area contributed by atoms with Gasteiger partial charge < -0.3 is 14.6 Å². The van der Waals surface area contributed by atoms with Crippen LogP contribution in [0.5, 0.6) is 5.75 Å². The monoisotopic (exact) mass is 289 g/mol. The standard InChI is InChI=1S/C16H20FN3O/c1-2-20-8-7-18-16(20)11-21-15-6-3-13(17)9-12(15)10-19-14-4-5-14/h3,6-9,14,19H,2,4-5,10-11H2,1H3. The number of nitrogens with zero attached hydrogens (tertiary/aromatic N) is 2. The van der Waals surface area contributed by atoms with Gasteiger partial charge in [0.15, 0.2) is 0 Å². The van der Waals surface area contributed by atoms with Crippen LogP contribution in [0.4, 0.5) is 4.39 Å². The molecule has 0 aliphatic heterocycles. The fourth-order valence-corrected chi connectivity index (χ4v) is 2.28. The molecule has 112 valence electrons. The third-order valence-electron chi connectivity index (χ3n) is 3.68. The molecule has 1 aliphatic carbocycles. The molecule has 0 radical (unpaired) electrons. The molecule has 0 amide bonds. The lowest BCUT2D eigenvalue weighted by Gasteiger charge is -2.13. The molecule has 3 rings (SSSR count). The van der Waals surface area contributed by atoms with Gasteiger partial charge in [0.25, 0.3) is 0 Å². The van der Waals surface area contributed by atoms with Gasteiger partial charge >= 0.3 is 0 Å². The summed E-state index contributed by atoms with van der Waals surface area (Å²) in [5.41, 5.74) is 0.858. The zero-order chi connectivity index (χ0) is 14.7. The molecule has 4 nitrogen and oxygen atoms in total. The van der Waals surface area contributed by atoms with Gasteiger partial charge in [-0.05, 0) is 38.0 Å². The summed E-state index contributed by atoms with van der Waals surface area (Å²) in [5, 5.41) is 3.39. The third kappa shape index (κ3) is 3.61. The molecule has 1 aliphatic rings. The molecule has 1 N–H and O–H groups in total. The van der Waals surface area contributed by atoms with E-state index >= 15 is 0 Å². The number of nitrogens with one attached hydrogen (secondary N) is 1. The van der Waals surface area contributed by atoms with Crippen molar-refractivity contribution in [3.63, 3.8) is 0 Å². The van der Waals surface area contributed by atoms with Crippen molar-refractivity contribution in [2.75, 3.05) is 0 Å². The van der Waals surface area contributed by atoms with Gasteiger partial charge in [-0.1, -0.05) is 0 Å². The van der Waals surface area contributed by atoms with E-state index in [2.05, 4.69) is 17.2 Å². The largest absolute Gasteiger partial charge is 0.485 e. The van der Waals surface area contributed by atoms with Gasteiger partial charge in [0.1, 0.15) is 24.0 Å². The molecular formula is C16H20FN3O. The van der Waals surface area contributed by atoms with Crippen LogP contribution >= 0.6 is 0 Å². The molecule has 1 heterocycles. The highest BCUT2D eigenvalue weighted by atomic mass is 19.1. The second-order valence-electron chi connectivity index (χ2n) is 5.33. The van der Waals surface area contributed by atoms with Crippen molar-refractivity contribution in [1.29, 1.82) is 0 Å². The maximum Gasteiger partial charge on any atom is 0.146 e. The Labute approximate surface area is 124 Å². The van der Waals surface area contributed by atoms with Crippen molar-refractivity contribution in [3.05, 3.63) is 47.8 Å². The van der Waals surface area contributed by atoms with Crippen LogP contribution in [0, 0.1) is 5.82 Å². The highest BCUT2D eigenvalue weighted by Gasteiger charge is 2.20. The molecule has 0 spiro atoms. The van der Waals surface area contributed by atoms with Crippen molar-refractivity contribution in [1.82, 2.24) is 14.9 Å². The number of aryl methyl sites for hydroxylation is 1. The van der Waals surface area contributed by atoms with E-state index in [4.69, 9.17) is 4.74 Å². The highest BCUT2D eigenvalue weighted by molar-refractivity contribution is 5.34. The summed E-state index contributed by atoms with van der Waals surface area (Å²) < 4.78 is 21.3. The van der Waals surface area contributed by atoms with Crippen LogP contribution in [0.15, 0.2) is 30.6 Å². The summed E-state index contributed by atoms with van der Waals surface area (Å²) in [6, 6.07) is 5.25. The van der Waals surface area contributed by atoms with Crippen LogP contribution in [-0.2, 0) is 19.7 Å². The Kier molecular flexibility index (Phi) is 4.20. The highest BCUT2D eigenvalue weighted by Crippen LogP contribution is 2.24. The Morgan fingerprint density at radius 2 is 2.29 bits per heavy atom. The van der Waals surface area contributed by atoms with Crippen LogP contribution in [0.2, 0.25) is 0 Å². The van der Waals surface area contributed by atoms with Crippen molar-refractivity contribution in [2.24, 2.45) is 0 Å². The van der Waals surface area contributed by atoms with Crippen molar-refractivity contribution < 1.29 is 9.13 Å². The first-order valence-electron chi connectivity index (χ1n) is 7.41. The lowest BCUT2D eigenvalue weighted by Crippen LogP contribution is -2.16. The Bertz CT molecular complexity index is 607. The number of benzene rings is 1. The first kappa shape index (κ1) is 14.1. The second kappa shape index (κ2) is 6.26. The van der Waals surface area contributed by atoms with Gasteiger partial charge in [-0.15, -0.1) is 0 Å². The molecule has 5 heteroatoms. The molecule has 0 atom stereocenters.